The second kappa shape index (κ2) is 7.36. The number of hydrogen-bond acceptors (Lipinski definition) is 4. The van der Waals surface area contributed by atoms with Gasteiger partial charge in [-0.2, -0.15) is 0 Å². The smallest absolute Gasteiger partial charge is 0.161 e. The Kier molecular flexibility index (Phi) is 5.25. The zero-order chi connectivity index (χ0) is 15.9. The third-order valence-corrected chi connectivity index (χ3v) is 3.17. The number of nitrogens with one attached hydrogen (secondary N) is 1. The van der Waals surface area contributed by atoms with Gasteiger partial charge in [-0.05, 0) is 35.4 Å². The average Bonchev–Trinajstić information content (AvgIpc) is 2.53. The van der Waals surface area contributed by atoms with E-state index in [0.717, 1.165) is 16.9 Å². The fraction of sp³-hybridized carbons (Fsp3) is 0.235. The maximum atomic E-state index is 7.27. The summed E-state index contributed by atoms with van der Waals surface area (Å²) in [6.07, 6.45) is 0.454. The minimum absolute atomic E-state index is 0.152. The number of benzene rings is 2. The van der Waals surface area contributed by atoms with Gasteiger partial charge in [-0.15, -0.1) is 0 Å². The highest BCUT2D eigenvalue weighted by molar-refractivity contribution is 5.79. The van der Waals surface area contributed by atoms with Gasteiger partial charge in [0.15, 0.2) is 11.5 Å². The van der Waals surface area contributed by atoms with Crippen LogP contribution in [0.1, 0.15) is 11.1 Å². The molecule has 0 aromatic heterocycles. The number of ether oxygens (including phenoxy) is 3. The molecule has 0 spiro atoms. The highest BCUT2D eigenvalue weighted by Crippen LogP contribution is 2.28. The summed E-state index contributed by atoms with van der Waals surface area (Å²) in [7, 11) is 3.22. The number of hydrogen-bond donors (Lipinski definition) is 2. The summed E-state index contributed by atoms with van der Waals surface area (Å²) in [6.45, 7) is 0.437. The van der Waals surface area contributed by atoms with Gasteiger partial charge in [-0.25, -0.2) is 0 Å². The Labute approximate surface area is 130 Å². The minimum atomic E-state index is 0.152. The quantitative estimate of drug-likeness (QED) is 0.609. The summed E-state index contributed by atoms with van der Waals surface area (Å²) < 4.78 is 16.2. The summed E-state index contributed by atoms with van der Waals surface area (Å²) in [5, 5.41) is 7.27. The van der Waals surface area contributed by atoms with Crippen molar-refractivity contribution in [1.82, 2.24) is 0 Å². The Morgan fingerprint density at radius 1 is 0.955 bits per heavy atom. The Morgan fingerprint density at radius 3 is 2.18 bits per heavy atom. The first kappa shape index (κ1) is 15.7. The van der Waals surface area contributed by atoms with Crippen LogP contribution in [0.2, 0.25) is 0 Å². The van der Waals surface area contributed by atoms with Crippen molar-refractivity contribution in [3.8, 4) is 17.2 Å². The summed E-state index contributed by atoms with van der Waals surface area (Å²) in [5.41, 5.74) is 7.36. The molecule has 0 saturated heterocycles. The normalized spacial score (nSPS) is 10.1. The first-order valence-corrected chi connectivity index (χ1v) is 6.88. The van der Waals surface area contributed by atoms with E-state index in [9.17, 15) is 0 Å². The first-order chi connectivity index (χ1) is 10.6. The van der Waals surface area contributed by atoms with Crippen LogP contribution in [0.5, 0.6) is 17.2 Å². The molecular formula is C17H20N2O3. The van der Waals surface area contributed by atoms with Crippen LogP contribution in [-0.4, -0.2) is 20.1 Å². The van der Waals surface area contributed by atoms with Gasteiger partial charge in [0, 0.05) is 6.42 Å². The Hall–Kier alpha value is -2.69. The van der Waals surface area contributed by atoms with Crippen molar-refractivity contribution in [2.75, 3.05) is 14.2 Å². The molecule has 2 rings (SSSR count). The zero-order valence-corrected chi connectivity index (χ0v) is 12.8. The molecule has 116 valence electrons. The van der Waals surface area contributed by atoms with Gasteiger partial charge in [0.25, 0.3) is 0 Å². The van der Waals surface area contributed by atoms with Gasteiger partial charge in [0.05, 0.1) is 20.1 Å². The molecule has 0 aliphatic rings. The van der Waals surface area contributed by atoms with E-state index in [0.29, 0.717) is 24.5 Å². The van der Waals surface area contributed by atoms with E-state index >= 15 is 0 Å². The van der Waals surface area contributed by atoms with Crippen LogP contribution in [0.4, 0.5) is 0 Å². The van der Waals surface area contributed by atoms with Crippen LogP contribution in [0.15, 0.2) is 42.5 Å². The standard InChI is InChI=1S/C17H20N2O3/c1-20-15-8-5-13(9-16(15)21-2)11-22-14-6-3-12(4-7-14)10-17(18)19/h3-9H,10-11H2,1-2H3,(H3,18,19). The minimum Gasteiger partial charge on any atom is -0.493 e. The molecule has 0 atom stereocenters. The maximum absolute atomic E-state index is 7.27. The number of amidine groups is 1. The molecule has 0 radical (unpaired) electrons. The van der Waals surface area contributed by atoms with E-state index in [1.165, 1.54) is 0 Å². The predicted octanol–water partition coefficient (Wildman–Crippen LogP) is 2.76. The monoisotopic (exact) mass is 300 g/mol. The lowest BCUT2D eigenvalue weighted by Gasteiger charge is -2.11. The van der Waals surface area contributed by atoms with Crippen LogP contribution in [0, 0.1) is 5.41 Å². The van der Waals surface area contributed by atoms with Crippen molar-refractivity contribution in [2.45, 2.75) is 13.0 Å². The van der Waals surface area contributed by atoms with E-state index in [4.69, 9.17) is 25.4 Å². The van der Waals surface area contributed by atoms with Crippen molar-refractivity contribution < 1.29 is 14.2 Å². The first-order valence-electron chi connectivity index (χ1n) is 6.88. The van der Waals surface area contributed by atoms with Gasteiger partial charge >= 0.3 is 0 Å². The second-order valence-corrected chi connectivity index (χ2v) is 4.82. The third kappa shape index (κ3) is 4.15. The molecule has 0 heterocycles. The molecule has 2 aromatic carbocycles. The lowest BCUT2D eigenvalue weighted by molar-refractivity contribution is 0.303. The van der Waals surface area contributed by atoms with E-state index in [2.05, 4.69) is 0 Å². The summed E-state index contributed by atoms with van der Waals surface area (Å²) in [4.78, 5) is 0. The van der Waals surface area contributed by atoms with Crippen molar-refractivity contribution in [1.29, 1.82) is 5.41 Å². The second-order valence-electron chi connectivity index (χ2n) is 4.82. The molecule has 0 unspecified atom stereocenters. The Morgan fingerprint density at radius 2 is 1.59 bits per heavy atom. The predicted molar refractivity (Wildman–Crippen MR) is 85.9 cm³/mol. The molecule has 0 fully saturated rings. The molecule has 2 aromatic rings. The van der Waals surface area contributed by atoms with E-state index < -0.39 is 0 Å². The molecule has 22 heavy (non-hydrogen) atoms. The molecular weight excluding hydrogens is 280 g/mol. The Bertz CT molecular complexity index is 639. The molecule has 3 N–H and O–H groups in total. The summed E-state index contributed by atoms with van der Waals surface area (Å²) >= 11 is 0. The van der Waals surface area contributed by atoms with Gasteiger partial charge in [-0.3, -0.25) is 5.41 Å². The lowest BCUT2D eigenvalue weighted by atomic mass is 10.1. The highest BCUT2D eigenvalue weighted by Gasteiger charge is 2.05. The van der Waals surface area contributed by atoms with Gasteiger partial charge in [0.2, 0.25) is 0 Å². The van der Waals surface area contributed by atoms with Crippen molar-refractivity contribution >= 4 is 5.84 Å². The van der Waals surface area contributed by atoms with Crippen LogP contribution < -0.4 is 19.9 Å². The molecule has 0 bridgehead atoms. The fourth-order valence-corrected chi connectivity index (χ4v) is 2.06. The fourth-order valence-electron chi connectivity index (χ4n) is 2.06. The van der Waals surface area contributed by atoms with Crippen LogP contribution in [-0.2, 0) is 13.0 Å². The molecule has 5 nitrogen and oxygen atoms in total. The maximum Gasteiger partial charge on any atom is 0.161 e. The van der Waals surface area contributed by atoms with E-state index in [1.54, 1.807) is 14.2 Å². The average molecular weight is 300 g/mol. The van der Waals surface area contributed by atoms with Gasteiger partial charge < -0.3 is 19.9 Å². The number of nitrogens with two attached hydrogens (primary N) is 1. The van der Waals surface area contributed by atoms with Gasteiger partial charge in [-0.1, -0.05) is 18.2 Å². The lowest BCUT2D eigenvalue weighted by Crippen LogP contribution is -2.12. The molecule has 5 heteroatoms. The van der Waals surface area contributed by atoms with E-state index in [-0.39, 0.29) is 5.84 Å². The highest BCUT2D eigenvalue weighted by atomic mass is 16.5. The van der Waals surface area contributed by atoms with Gasteiger partial charge in [0.1, 0.15) is 12.4 Å². The van der Waals surface area contributed by atoms with Crippen molar-refractivity contribution in [3.05, 3.63) is 53.6 Å². The topological polar surface area (TPSA) is 77.6 Å². The van der Waals surface area contributed by atoms with E-state index in [1.807, 2.05) is 42.5 Å². The molecule has 0 amide bonds. The largest absolute Gasteiger partial charge is 0.493 e. The van der Waals surface area contributed by atoms with Crippen LogP contribution in [0.3, 0.4) is 0 Å². The third-order valence-electron chi connectivity index (χ3n) is 3.17. The molecule has 0 aliphatic heterocycles. The summed E-state index contributed by atoms with van der Waals surface area (Å²) in [6, 6.07) is 13.2. The molecule has 0 saturated carbocycles. The number of rotatable bonds is 7. The zero-order valence-electron chi connectivity index (χ0n) is 12.8. The Balaban J connectivity index is 1.99. The van der Waals surface area contributed by atoms with Crippen LogP contribution >= 0.6 is 0 Å². The number of methoxy groups -OCH3 is 2. The SMILES string of the molecule is COc1ccc(COc2ccc(CC(=N)N)cc2)cc1OC. The van der Waals surface area contributed by atoms with Crippen molar-refractivity contribution in [3.63, 3.8) is 0 Å². The summed E-state index contributed by atoms with van der Waals surface area (Å²) in [5.74, 6) is 2.29. The van der Waals surface area contributed by atoms with Crippen LogP contribution in [0.25, 0.3) is 0 Å². The molecule has 0 aliphatic carbocycles. The van der Waals surface area contributed by atoms with Crippen molar-refractivity contribution in [2.24, 2.45) is 5.73 Å².